The van der Waals surface area contributed by atoms with E-state index in [0.717, 1.165) is 11.1 Å². The van der Waals surface area contributed by atoms with Gasteiger partial charge in [0.25, 0.3) is 0 Å². The third kappa shape index (κ3) is 9.13. The molecule has 0 bridgehead atoms. The first-order valence-corrected chi connectivity index (χ1v) is 16.1. The number of hydrogen-bond donors (Lipinski definition) is 4. The van der Waals surface area contributed by atoms with Crippen molar-refractivity contribution in [2.24, 2.45) is 11.7 Å². The number of hydrogen-bond acceptors (Lipinski definition) is 6. The zero-order valence-corrected chi connectivity index (χ0v) is 25.7. The summed E-state index contributed by atoms with van der Waals surface area (Å²) in [6, 6.07) is 24.3. The lowest BCUT2D eigenvalue weighted by atomic mass is 9.85. The van der Waals surface area contributed by atoms with Gasteiger partial charge in [0.2, 0.25) is 15.9 Å². The molecule has 3 aromatic carbocycles. The summed E-state index contributed by atoms with van der Waals surface area (Å²) < 4.78 is 28.7. The number of nitrogens with two attached hydrogens (primary N) is 2. The monoisotopic (exact) mass is 594 g/mol. The summed E-state index contributed by atoms with van der Waals surface area (Å²) >= 11 is 0. The fourth-order valence-electron chi connectivity index (χ4n) is 5.14. The average molecular weight is 595 g/mol. The van der Waals surface area contributed by atoms with E-state index in [-0.39, 0.29) is 16.7 Å². The van der Waals surface area contributed by atoms with Crippen molar-refractivity contribution < 1.29 is 18.3 Å². The van der Waals surface area contributed by atoms with Gasteiger partial charge in [-0.25, -0.2) is 8.42 Å². The molecular formula is C33H46N4O4S. The summed E-state index contributed by atoms with van der Waals surface area (Å²) in [5.74, 6) is -0.247. The average Bonchev–Trinajstić information content (AvgIpc) is 2.97. The van der Waals surface area contributed by atoms with Gasteiger partial charge in [0.15, 0.2) is 0 Å². The highest BCUT2D eigenvalue weighted by atomic mass is 32.2. The number of carbonyl (C=O) groups excluding carboxylic acids is 1. The Bertz CT molecular complexity index is 1290. The van der Waals surface area contributed by atoms with Gasteiger partial charge < -0.3 is 21.9 Å². The maximum absolute atomic E-state index is 13.7. The van der Waals surface area contributed by atoms with E-state index in [1.807, 2.05) is 74.5 Å². The standard InChI is InChI=1S/C33H46N4O4S/c1-24(2)21-23-37(42(40,41)29-19-17-28(34)18-20-29)30(25(3)38)16-10-11-22-36-33(39)32(35)31(26-12-6-4-7-13-26)27-14-8-5-9-15-27/h4-9,12-15,17-20,24-25,30-32,38H,10-11,16,21-23,34-35H2,1-3H3,(H,36,39)/t25?,30-,32-/m0/s1. The Balaban J connectivity index is 1.64. The number of sulfonamides is 1. The third-order valence-electron chi connectivity index (χ3n) is 7.55. The topological polar surface area (TPSA) is 139 Å². The predicted molar refractivity (Wildman–Crippen MR) is 169 cm³/mol. The Labute approximate surface area is 251 Å². The van der Waals surface area contributed by atoms with Gasteiger partial charge in [-0.3, -0.25) is 4.79 Å². The van der Waals surface area contributed by atoms with Gasteiger partial charge >= 0.3 is 0 Å². The third-order valence-corrected chi connectivity index (χ3v) is 9.48. The molecule has 0 saturated heterocycles. The lowest BCUT2D eigenvalue weighted by Crippen LogP contribution is -2.47. The van der Waals surface area contributed by atoms with E-state index in [2.05, 4.69) is 5.32 Å². The van der Waals surface area contributed by atoms with Crippen LogP contribution in [-0.4, -0.2) is 55.0 Å². The summed E-state index contributed by atoms with van der Waals surface area (Å²) in [6.07, 6.45) is 1.46. The zero-order chi connectivity index (χ0) is 30.7. The molecule has 0 spiro atoms. The van der Waals surface area contributed by atoms with E-state index in [1.165, 1.54) is 16.4 Å². The second-order valence-corrected chi connectivity index (χ2v) is 13.2. The fourth-order valence-corrected chi connectivity index (χ4v) is 6.87. The van der Waals surface area contributed by atoms with E-state index in [1.54, 1.807) is 19.1 Å². The number of aliphatic hydroxyl groups excluding tert-OH is 1. The second kappa shape index (κ2) is 15.8. The number of amides is 1. The number of aliphatic hydroxyl groups is 1. The van der Waals surface area contributed by atoms with Crippen molar-refractivity contribution in [2.45, 2.75) is 75.5 Å². The molecule has 0 aliphatic rings. The van der Waals surface area contributed by atoms with Gasteiger partial charge in [-0.05, 0) is 67.5 Å². The molecule has 9 heteroatoms. The fraction of sp³-hybridized carbons (Fsp3) is 0.424. The van der Waals surface area contributed by atoms with Crippen LogP contribution in [0.15, 0.2) is 89.8 Å². The van der Waals surface area contributed by atoms with E-state index in [0.29, 0.717) is 50.4 Å². The number of nitrogens with one attached hydrogen (secondary N) is 1. The number of anilines is 1. The van der Waals surface area contributed by atoms with Gasteiger partial charge in [0.1, 0.15) is 0 Å². The highest BCUT2D eigenvalue weighted by molar-refractivity contribution is 7.89. The van der Waals surface area contributed by atoms with Crippen molar-refractivity contribution in [1.29, 1.82) is 0 Å². The molecule has 0 aliphatic heterocycles. The van der Waals surface area contributed by atoms with Crippen LogP contribution >= 0.6 is 0 Å². The lowest BCUT2D eigenvalue weighted by molar-refractivity contribution is -0.122. The van der Waals surface area contributed by atoms with Crippen molar-refractivity contribution in [3.63, 3.8) is 0 Å². The van der Waals surface area contributed by atoms with Crippen LogP contribution in [0.4, 0.5) is 5.69 Å². The molecule has 3 aromatic rings. The number of unbranched alkanes of at least 4 members (excludes halogenated alkanes) is 1. The molecule has 6 N–H and O–H groups in total. The highest BCUT2D eigenvalue weighted by Crippen LogP contribution is 2.28. The van der Waals surface area contributed by atoms with Crippen LogP contribution < -0.4 is 16.8 Å². The first-order chi connectivity index (χ1) is 20.0. The molecule has 42 heavy (non-hydrogen) atoms. The van der Waals surface area contributed by atoms with Gasteiger partial charge in [-0.1, -0.05) is 80.9 Å². The normalized spacial score (nSPS) is 14.2. The van der Waals surface area contributed by atoms with Crippen LogP contribution in [-0.2, 0) is 14.8 Å². The molecule has 0 radical (unpaired) electrons. The van der Waals surface area contributed by atoms with Crippen molar-refractivity contribution in [2.75, 3.05) is 18.8 Å². The summed E-state index contributed by atoms with van der Waals surface area (Å²) in [6.45, 7) is 6.40. The first kappa shape index (κ1) is 33.3. The number of carbonyl (C=O) groups is 1. The van der Waals surface area contributed by atoms with Crippen molar-refractivity contribution in [1.82, 2.24) is 9.62 Å². The molecule has 8 nitrogen and oxygen atoms in total. The van der Waals surface area contributed by atoms with Gasteiger partial charge in [0.05, 0.1) is 23.1 Å². The molecule has 1 unspecified atom stereocenters. The zero-order valence-electron chi connectivity index (χ0n) is 24.9. The SMILES string of the molecule is CC(C)CCN([C@@H](CCCCNC(=O)[C@@H](N)C(c1ccccc1)c1ccccc1)C(C)O)S(=O)(=O)c1ccc(N)cc1. The number of rotatable bonds is 16. The van der Waals surface area contributed by atoms with Crippen LogP contribution in [0.25, 0.3) is 0 Å². The summed E-state index contributed by atoms with van der Waals surface area (Å²) in [4.78, 5) is 13.3. The lowest BCUT2D eigenvalue weighted by Gasteiger charge is -2.33. The Hall–Kier alpha value is -3.24. The Morgan fingerprint density at radius 3 is 1.90 bits per heavy atom. The quantitative estimate of drug-likeness (QED) is 0.142. The Morgan fingerprint density at radius 2 is 1.40 bits per heavy atom. The van der Waals surface area contributed by atoms with Crippen LogP contribution in [0.2, 0.25) is 0 Å². The van der Waals surface area contributed by atoms with E-state index in [4.69, 9.17) is 11.5 Å². The molecule has 3 atom stereocenters. The number of nitrogen functional groups attached to an aromatic ring is 1. The molecule has 0 aromatic heterocycles. The minimum atomic E-state index is -3.86. The van der Waals surface area contributed by atoms with Crippen LogP contribution in [0, 0.1) is 5.92 Å². The molecular weight excluding hydrogens is 548 g/mol. The largest absolute Gasteiger partial charge is 0.399 e. The highest BCUT2D eigenvalue weighted by Gasteiger charge is 2.34. The molecule has 3 rings (SSSR count). The Kier molecular flexibility index (Phi) is 12.5. The van der Waals surface area contributed by atoms with Gasteiger partial charge in [-0.2, -0.15) is 4.31 Å². The van der Waals surface area contributed by atoms with E-state index < -0.39 is 28.2 Å². The van der Waals surface area contributed by atoms with Crippen molar-refractivity contribution in [3.05, 3.63) is 96.1 Å². The number of benzene rings is 3. The maximum atomic E-state index is 13.7. The predicted octanol–water partition coefficient (Wildman–Crippen LogP) is 4.50. The minimum absolute atomic E-state index is 0.152. The van der Waals surface area contributed by atoms with Crippen LogP contribution in [0.5, 0.6) is 0 Å². The van der Waals surface area contributed by atoms with Crippen LogP contribution in [0.1, 0.15) is 63.5 Å². The van der Waals surface area contributed by atoms with Crippen LogP contribution in [0.3, 0.4) is 0 Å². The Morgan fingerprint density at radius 1 is 0.857 bits per heavy atom. The summed E-state index contributed by atoms with van der Waals surface area (Å²) in [5, 5.41) is 13.7. The van der Waals surface area contributed by atoms with Crippen molar-refractivity contribution in [3.8, 4) is 0 Å². The molecule has 0 saturated carbocycles. The van der Waals surface area contributed by atoms with E-state index in [9.17, 15) is 18.3 Å². The molecule has 0 fully saturated rings. The maximum Gasteiger partial charge on any atom is 0.243 e. The van der Waals surface area contributed by atoms with Gasteiger partial charge in [0, 0.05) is 24.7 Å². The van der Waals surface area contributed by atoms with Crippen molar-refractivity contribution >= 4 is 21.6 Å². The van der Waals surface area contributed by atoms with Gasteiger partial charge in [-0.15, -0.1) is 0 Å². The summed E-state index contributed by atoms with van der Waals surface area (Å²) in [7, 11) is -3.86. The smallest absolute Gasteiger partial charge is 0.243 e. The molecule has 1 amide bonds. The molecule has 228 valence electrons. The molecule has 0 aliphatic carbocycles. The summed E-state index contributed by atoms with van der Waals surface area (Å²) in [5.41, 5.74) is 14.7. The molecule has 0 heterocycles. The minimum Gasteiger partial charge on any atom is -0.399 e. The first-order valence-electron chi connectivity index (χ1n) is 14.7. The number of nitrogens with zero attached hydrogens (tertiary/aromatic N) is 1. The van der Waals surface area contributed by atoms with E-state index >= 15 is 0 Å². The second-order valence-electron chi connectivity index (χ2n) is 11.3.